The second-order valence-electron chi connectivity index (χ2n) is 3.93. The van der Waals surface area contributed by atoms with E-state index in [-0.39, 0.29) is 10.6 Å². The van der Waals surface area contributed by atoms with Gasteiger partial charge in [-0.15, -0.1) is 0 Å². The van der Waals surface area contributed by atoms with Crippen molar-refractivity contribution in [2.45, 2.75) is 16.1 Å². The number of carboxylic acids is 1. The molecular formula is C13H7BrF3NO2S. The molecule has 2 aromatic rings. The van der Waals surface area contributed by atoms with Crippen LogP contribution in [0.3, 0.4) is 0 Å². The molecule has 110 valence electrons. The van der Waals surface area contributed by atoms with E-state index in [1.54, 1.807) is 12.1 Å². The maximum Gasteiger partial charge on any atom is 0.417 e. The van der Waals surface area contributed by atoms with Crippen LogP contribution in [-0.4, -0.2) is 16.1 Å². The largest absolute Gasteiger partial charge is 0.478 e. The molecular weight excluding hydrogens is 371 g/mol. The van der Waals surface area contributed by atoms with E-state index in [2.05, 4.69) is 20.9 Å². The number of nitrogens with zero attached hydrogens (tertiary/aromatic N) is 1. The molecule has 21 heavy (non-hydrogen) atoms. The molecule has 0 unspecified atom stereocenters. The van der Waals surface area contributed by atoms with Crippen molar-refractivity contribution in [3.05, 3.63) is 52.1 Å². The Hall–Kier alpha value is -1.54. The Balaban J connectivity index is 2.28. The maximum absolute atomic E-state index is 12.4. The van der Waals surface area contributed by atoms with Crippen LogP contribution in [0, 0.1) is 0 Å². The Labute approximate surface area is 130 Å². The Bertz CT molecular complexity index is 674. The van der Waals surface area contributed by atoms with Gasteiger partial charge < -0.3 is 5.11 Å². The van der Waals surface area contributed by atoms with Crippen molar-refractivity contribution in [2.24, 2.45) is 0 Å². The van der Waals surface area contributed by atoms with Crippen LogP contribution in [0.15, 0.2) is 50.9 Å². The van der Waals surface area contributed by atoms with Crippen molar-refractivity contribution >= 4 is 33.7 Å². The molecule has 0 spiro atoms. The number of carbonyl (C=O) groups is 1. The van der Waals surface area contributed by atoms with E-state index in [1.165, 1.54) is 12.1 Å². The molecule has 0 saturated heterocycles. The van der Waals surface area contributed by atoms with E-state index in [4.69, 9.17) is 5.11 Å². The summed E-state index contributed by atoms with van der Waals surface area (Å²) in [6.07, 6.45) is -3.72. The van der Waals surface area contributed by atoms with Crippen LogP contribution in [-0.2, 0) is 6.18 Å². The summed E-state index contributed by atoms with van der Waals surface area (Å²) in [4.78, 5) is 15.2. The molecule has 1 N–H and O–H groups in total. The van der Waals surface area contributed by atoms with Crippen LogP contribution in [0.1, 0.15) is 15.9 Å². The first-order valence-corrected chi connectivity index (χ1v) is 7.12. The molecule has 0 aliphatic heterocycles. The molecule has 0 bridgehead atoms. The van der Waals surface area contributed by atoms with Gasteiger partial charge in [0.15, 0.2) is 0 Å². The van der Waals surface area contributed by atoms with Gasteiger partial charge in [-0.3, -0.25) is 0 Å². The Morgan fingerprint density at radius 1 is 1.24 bits per heavy atom. The fraction of sp³-hybridized carbons (Fsp3) is 0.0769. The second-order valence-corrected chi connectivity index (χ2v) is 5.91. The molecule has 0 aliphatic carbocycles. The highest BCUT2D eigenvalue weighted by Crippen LogP contribution is 2.33. The summed E-state index contributed by atoms with van der Waals surface area (Å²) in [6.45, 7) is 0. The number of carboxylic acid groups (broad SMARTS) is 1. The molecule has 1 aromatic carbocycles. The van der Waals surface area contributed by atoms with Gasteiger partial charge in [0.05, 0.1) is 11.1 Å². The summed E-state index contributed by atoms with van der Waals surface area (Å²) >= 11 is 4.16. The predicted molar refractivity (Wildman–Crippen MR) is 74.5 cm³/mol. The summed E-state index contributed by atoms with van der Waals surface area (Å²) in [5.74, 6) is -1.12. The molecule has 0 fully saturated rings. The summed E-state index contributed by atoms with van der Waals surface area (Å²) in [5, 5.41) is 9.40. The zero-order valence-corrected chi connectivity index (χ0v) is 12.6. The Morgan fingerprint density at radius 2 is 1.95 bits per heavy atom. The lowest BCUT2D eigenvalue weighted by Gasteiger charge is -2.08. The van der Waals surface area contributed by atoms with Crippen LogP contribution in [0.25, 0.3) is 0 Å². The van der Waals surface area contributed by atoms with E-state index in [0.717, 1.165) is 24.0 Å². The average Bonchev–Trinajstić information content (AvgIpc) is 2.40. The van der Waals surface area contributed by atoms with Crippen molar-refractivity contribution in [3.63, 3.8) is 0 Å². The molecule has 3 nitrogen and oxygen atoms in total. The number of hydrogen-bond acceptors (Lipinski definition) is 3. The van der Waals surface area contributed by atoms with Gasteiger partial charge in [-0.25, -0.2) is 9.78 Å². The van der Waals surface area contributed by atoms with Crippen molar-refractivity contribution in [1.29, 1.82) is 0 Å². The molecule has 0 saturated carbocycles. The van der Waals surface area contributed by atoms with Gasteiger partial charge in [0, 0.05) is 15.6 Å². The molecule has 2 rings (SSSR count). The van der Waals surface area contributed by atoms with Crippen LogP contribution in [0.4, 0.5) is 13.2 Å². The third-order valence-corrected chi connectivity index (χ3v) is 3.97. The Kier molecular flexibility index (Phi) is 4.58. The first kappa shape index (κ1) is 15.8. The minimum atomic E-state index is -4.44. The van der Waals surface area contributed by atoms with Crippen molar-refractivity contribution in [3.8, 4) is 0 Å². The van der Waals surface area contributed by atoms with Crippen molar-refractivity contribution in [2.75, 3.05) is 0 Å². The summed E-state index contributed by atoms with van der Waals surface area (Å²) in [5.41, 5.74) is -0.794. The van der Waals surface area contributed by atoms with Gasteiger partial charge in [0.1, 0.15) is 5.03 Å². The van der Waals surface area contributed by atoms with Crippen LogP contribution in [0.5, 0.6) is 0 Å². The number of hydrogen-bond donors (Lipinski definition) is 1. The van der Waals surface area contributed by atoms with Crippen molar-refractivity contribution in [1.82, 2.24) is 4.98 Å². The highest BCUT2D eigenvalue weighted by molar-refractivity contribution is 9.10. The van der Waals surface area contributed by atoms with Gasteiger partial charge in [-0.05, 0) is 30.3 Å². The highest BCUT2D eigenvalue weighted by Gasteiger charge is 2.30. The first-order chi connectivity index (χ1) is 9.77. The monoisotopic (exact) mass is 377 g/mol. The quantitative estimate of drug-likeness (QED) is 0.841. The van der Waals surface area contributed by atoms with Crippen LogP contribution < -0.4 is 0 Å². The van der Waals surface area contributed by atoms with E-state index in [9.17, 15) is 18.0 Å². The zero-order valence-electron chi connectivity index (χ0n) is 10.2. The molecule has 1 aromatic heterocycles. The molecule has 0 atom stereocenters. The number of aromatic nitrogens is 1. The Morgan fingerprint density at radius 3 is 2.48 bits per heavy atom. The lowest BCUT2D eigenvalue weighted by atomic mass is 10.2. The number of aromatic carboxylic acids is 1. The van der Waals surface area contributed by atoms with Gasteiger partial charge >= 0.3 is 12.1 Å². The summed E-state index contributed by atoms with van der Waals surface area (Å²) in [6, 6.07) is 6.76. The maximum atomic E-state index is 12.4. The number of benzene rings is 1. The standard InChI is InChI=1S/C13H7BrF3NO2S/c14-8-2-3-10(9(5-8)12(19)20)21-11-4-1-7(6-18-11)13(15,16)17/h1-6H,(H,19,20). The average molecular weight is 378 g/mol. The van der Waals surface area contributed by atoms with Gasteiger partial charge in [-0.2, -0.15) is 13.2 Å². The number of rotatable bonds is 3. The normalized spacial score (nSPS) is 11.4. The minimum Gasteiger partial charge on any atom is -0.478 e. The third kappa shape index (κ3) is 3.98. The smallest absolute Gasteiger partial charge is 0.417 e. The van der Waals surface area contributed by atoms with Gasteiger partial charge in [0.25, 0.3) is 0 Å². The molecule has 8 heteroatoms. The number of halogens is 4. The lowest BCUT2D eigenvalue weighted by Crippen LogP contribution is -2.05. The van der Waals surface area contributed by atoms with Crippen LogP contribution >= 0.6 is 27.7 Å². The van der Waals surface area contributed by atoms with E-state index >= 15 is 0 Å². The van der Waals surface area contributed by atoms with E-state index in [1.807, 2.05) is 0 Å². The lowest BCUT2D eigenvalue weighted by molar-refractivity contribution is -0.137. The SMILES string of the molecule is O=C(O)c1cc(Br)ccc1Sc1ccc(C(F)(F)F)cn1. The molecule has 1 heterocycles. The van der Waals surface area contributed by atoms with Crippen LogP contribution in [0.2, 0.25) is 0 Å². The summed E-state index contributed by atoms with van der Waals surface area (Å²) < 4.78 is 37.9. The molecule has 0 radical (unpaired) electrons. The first-order valence-electron chi connectivity index (χ1n) is 5.51. The predicted octanol–water partition coefficient (Wildman–Crippen LogP) is 4.71. The zero-order chi connectivity index (χ0) is 15.6. The molecule has 0 amide bonds. The fourth-order valence-corrected chi connectivity index (χ4v) is 2.70. The highest BCUT2D eigenvalue weighted by atomic mass is 79.9. The fourth-order valence-electron chi connectivity index (χ4n) is 1.48. The third-order valence-electron chi connectivity index (χ3n) is 2.45. The van der Waals surface area contributed by atoms with E-state index in [0.29, 0.717) is 9.37 Å². The van der Waals surface area contributed by atoms with E-state index < -0.39 is 17.7 Å². The van der Waals surface area contributed by atoms with Gasteiger partial charge in [-0.1, -0.05) is 27.7 Å². The summed E-state index contributed by atoms with van der Waals surface area (Å²) in [7, 11) is 0. The topological polar surface area (TPSA) is 50.2 Å². The molecule has 0 aliphatic rings. The second kappa shape index (κ2) is 6.07. The number of alkyl halides is 3. The number of pyridine rings is 1. The van der Waals surface area contributed by atoms with Gasteiger partial charge in [0.2, 0.25) is 0 Å². The van der Waals surface area contributed by atoms with Crippen molar-refractivity contribution < 1.29 is 23.1 Å². The minimum absolute atomic E-state index is 0.0519.